The van der Waals surface area contributed by atoms with Crippen molar-refractivity contribution >= 4 is 5.91 Å². The second-order valence-corrected chi connectivity index (χ2v) is 3.95. The van der Waals surface area contributed by atoms with Gasteiger partial charge in [0.25, 0.3) is 6.43 Å². The number of benzene rings is 1. The van der Waals surface area contributed by atoms with Crippen molar-refractivity contribution in [1.29, 1.82) is 0 Å². The van der Waals surface area contributed by atoms with Gasteiger partial charge in [-0.25, -0.2) is 17.6 Å². The molecule has 106 valence electrons. The molecule has 1 amide bonds. The Morgan fingerprint density at radius 3 is 2.53 bits per heavy atom. The first-order valence-electron chi connectivity index (χ1n) is 5.57. The SMILES string of the molecule is O=C(CCc1ccc(F)c(F)c1)NCC(O)C(F)F. The van der Waals surface area contributed by atoms with Gasteiger partial charge in [0.1, 0.15) is 6.10 Å². The van der Waals surface area contributed by atoms with E-state index in [-0.39, 0.29) is 12.8 Å². The molecule has 0 bridgehead atoms. The molecule has 7 heteroatoms. The minimum atomic E-state index is -2.92. The fourth-order valence-corrected chi connectivity index (χ4v) is 1.35. The number of halogens is 4. The number of aliphatic hydroxyl groups excluding tert-OH is 1. The molecule has 0 aliphatic carbocycles. The van der Waals surface area contributed by atoms with E-state index < -0.39 is 36.6 Å². The maximum atomic E-state index is 12.9. The number of aryl methyl sites for hydroxylation is 1. The monoisotopic (exact) mass is 279 g/mol. The van der Waals surface area contributed by atoms with E-state index in [4.69, 9.17) is 5.11 Å². The second kappa shape index (κ2) is 7.08. The number of nitrogens with one attached hydrogen (secondary N) is 1. The lowest BCUT2D eigenvalue weighted by Gasteiger charge is -2.10. The summed E-state index contributed by atoms with van der Waals surface area (Å²) in [5, 5.41) is 10.9. The predicted molar refractivity (Wildman–Crippen MR) is 59.7 cm³/mol. The number of rotatable bonds is 6. The van der Waals surface area contributed by atoms with E-state index >= 15 is 0 Å². The van der Waals surface area contributed by atoms with E-state index in [1.54, 1.807) is 0 Å². The van der Waals surface area contributed by atoms with E-state index in [2.05, 4.69) is 5.32 Å². The lowest BCUT2D eigenvalue weighted by atomic mass is 10.1. The third-order valence-corrected chi connectivity index (χ3v) is 2.42. The number of alkyl halides is 2. The lowest BCUT2D eigenvalue weighted by molar-refractivity contribution is -0.122. The van der Waals surface area contributed by atoms with Crippen LogP contribution in [-0.2, 0) is 11.2 Å². The average Bonchev–Trinajstić information content (AvgIpc) is 2.37. The maximum Gasteiger partial charge on any atom is 0.265 e. The average molecular weight is 279 g/mol. The maximum absolute atomic E-state index is 12.9. The van der Waals surface area contributed by atoms with Crippen molar-refractivity contribution in [3.8, 4) is 0 Å². The zero-order chi connectivity index (χ0) is 14.4. The van der Waals surface area contributed by atoms with Crippen molar-refractivity contribution < 1.29 is 27.5 Å². The van der Waals surface area contributed by atoms with Crippen molar-refractivity contribution in [3.05, 3.63) is 35.4 Å². The van der Waals surface area contributed by atoms with Crippen LogP contribution in [0.1, 0.15) is 12.0 Å². The number of hydrogen-bond donors (Lipinski definition) is 2. The van der Waals surface area contributed by atoms with E-state index in [1.807, 2.05) is 0 Å². The predicted octanol–water partition coefficient (Wildman–Crippen LogP) is 1.64. The molecule has 0 fully saturated rings. The minimum absolute atomic E-state index is 0.0684. The smallest absolute Gasteiger partial charge is 0.265 e. The molecule has 0 heterocycles. The molecule has 19 heavy (non-hydrogen) atoms. The summed E-state index contributed by atoms with van der Waals surface area (Å²) in [7, 11) is 0. The van der Waals surface area contributed by atoms with E-state index in [1.165, 1.54) is 6.07 Å². The summed E-state index contributed by atoms with van der Waals surface area (Å²) in [6, 6.07) is 3.25. The number of hydrogen-bond acceptors (Lipinski definition) is 2. The standard InChI is InChI=1S/C12H13F4NO2/c13-8-3-1-7(5-9(8)14)2-4-11(19)17-6-10(18)12(15)16/h1,3,5,10,12,18H,2,4,6H2,(H,17,19). The third-order valence-electron chi connectivity index (χ3n) is 2.42. The second-order valence-electron chi connectivity index (χ2n) is 3.95. The molecule has 1 aromatic rings. The molecule has 0 saturated carbocycles. The Labute approximate surface area is 107 Å². The highest BCUT2D eigenvalue weighted by molar-refractivity contribution is 5.76. The van der Waals surface area contributed by atoms with Gasteiger partial charge < -0.3 is 10.4 Å². The molecule has 0 aliphatic rings. The topological polar surface area (TPSA) is 49.3 Å². The third kappa shape index (κ3) is 5.25. The molecular weight excluding hydrogens is 266 g/mol. The van der Waals surface area contributed by atoms with Crippen LogP contribution in [0.3, 0.4) is 0 Å². The van der Waals surface area contributed by atoms with Crippen LogP contribution in [0.4, 0.5) is 17.6 Å². The molecule has 0 aliphatic heterocycles. The Morgan fingerprint density at radius 2 is 1.95 bits per heavy atom. The van der Waals surface area contributed by atoms with Crippen LogP contribution in [0.15, 0.2) is 18.2 Å². The zero-order valence-corrected chi connectivity index (χ0v) is 9.88. The summed E-state index contributed by atoms with van der Waals surface area (Å²) >= 11 is 0. The molecule has 0 aromatic heterocycles. The van der Waals surface area contributed by atoms with Crippen LogP contribution in [-0.4, -0.2) is 30.1 Å². The largest absolute Gasteiger partial charge is 0.385 e. The van der Waals surface area contributed by atoms with E-state index in [0.717, 1.165) is 12.1 Å². The van der Waals surface area contributed by atoms with E-state index in [0.29, 0.717) is 5.56 Å². The molecule has 0 radical (unpaired) electrons. The van der Waals surface area contributed by atoms with Crippen LogP contribution in [0.25, 0.3) is 0 Å². The number of carbonyl (C=O) groups is 1. The van der Waals surface area contributed by atoms with Crippen LogP contribution >= 0.6 is 0 Å². The van der Waals surface area contributed by atoms with Gasteiger partial charge in [0.05, 0.1) is 0 Å². The van der Waals surface area contributed by atoms with Gasteiger partial charge in [-0.2, -0.15) is 0 Å². The van der Waals surface area contributed by atoms with Crippen LogP contribution < -0.4 is 5.32 Å². The highest BCUT2D eigenvalue weighted by Gasteiger charge is 2.17. The Bertz CT molecular complexity index is 440. The van der Waals surface area contributed by atoms with Crippen LogP contribution in [0.2, 0.25) is 0 Å². The number of aliphatic hydroxyl groups is 1. The van der Waals surface area contributed by atoms with Crippen LogP contribution in [0, 0.1) is 11.6 Å². The van der Waals surface area contributed by atoms with Crippen molar-refractivity contribution in [2.24, 2.45) is 0 Å². The molecule has 2 N–H and O–H groups in total. The zero-order valence-electron chi connectivity index (χ0n) is 9.88. The fourth-order valence-electron chi connectivity index (χ4n) is 1.35. The lowest BCUT2D eigenvalue weighted by Crippen LogP contribution is -2.35. The summed E-state index contributed by atoms with van der Waals surface area (Å²) < 4.78 is 49.4. The summed E-state index contributed by atoms with van der Waals surface area (Å²) in [6.45, 7) is -0.547. The molecular formula is C12H13F4NO2. The molecule has 1 rings (SSSR count). The summed E-state index contributed by atoms with van der Waals surface area (Å²) in [4.78, 5) is 11.3. The summed E-state index contributed by atoms with van der Waals surface area (Å²) in [5.74, 6) is -2.54. The van der Waals surface area contributed by atoms with Gasteiger partial charge in [0, 0.05) is 13.0 Å². The molecule has 0 spiro atoms. The van der Waals surface area contributed by atoms with Gasteiger partial charge in [0.2, 0.25) is 5.91 Å². The fraction of sp³-hybridized carbons (Fsp3) is 0.417. The molecule has 1 unspecified atom stereocenters. The van der Waals surface area contributed by atoms with Gasteiger partial charge >= 0.3 is 0 Å². The van der Waals surface area contributed by atoms with Gasteiger partial charge in [-0.3, -0.25) is 4.79 Å². The Balaban J connectivity index is 2.35. The Morgan fingerprint density at radius 1 is 1.26 bits per heavy atom. The first-order chi connectivity index (χ1) is 8.90. The van der Waals surface area contributed by atoms with Crippen LogP contribution in [0.5, 0.6) is 0 Å². The molecule has 0 saturated heterocycles. The van der Waals surface area contributed by atoms with Crippen molar-refractivity contribution in [3.63, 3.8) is 0 Å². The Hall–Kier alpha value is -1.63. The normalized spacial score (nSPS) is 12.5. The molecule has 1 atom stereocenters. The number of carbonyl (C=O) groups excluding carboxylic acids is 1. The summed E-state index contributed by atoms with van der Waals surface area (Å²) in [5.41, 5.74) is 0.420. The minimum Gasteiger partial charge on any atom is -0.385 e. The molecule has 3 nitrogen and oxygen atoms in total. The highest BCUT2D eigenvalue weighted by Crippen LogP contribution is 2.10. The molecule has 1 aromatic carbocycles. The van der Waals surface area contributed by atoms with Gasteiger partial charge in [-0.15, -0.1) is 0 Å². The highest BCUT2D eigenvalue weighted by atomic mass is 19.3. The van der Waals surface area contributed by atoms with Gasteiger partial charge in [0.15, 0.2) is 11.6 Å². The summed E-state index contributed by atoms with van der Waals surface area (Å²) in [6.07, 6.45) is -4.76. The van der Waals surface area contributed by atoms with Gasteiger partial charge in [-0.1, -0.05) is 6.07 Å². The van der Waals surface area contributed by atoms with Crippen molar-refractivity contribution in [1.82, 2.24) is 5.32 Å². The quantitative estimate of drug-likeness (QED) is 0.778. The van der Waals surface area contributed by atoms with Gasteiger partial charge in [-0.05, 0) is 24.1 Å². The van der Waals surface area contributed by atoms with Crippen molar-refractivity contribution in [2.75, 3.05) is 6.54 Å². The Kier molecular flexibility index (Phi) is 5.75. The van der Waals surface area contributed by atoms with Crippen molar-refractivity contribution in [2.45, 2.75) is 25.4 Å². The first kappa shape index (κ1) is 15.4. The van der Waals surface area contributed by atoms with E-state index in [9.17, 15) is 22.4 Å². The number of amides is 1. The first-order valence-corrected chi connectivity index (χ1v) is 5.57.